The van der Waals surface area contributed by atoms with Crippen LogP contribution in [-0.2, 0) is 11.3 Å². The van der Waals surface area contributed by atoms with E-state index in [2.05, 4.69) is 17.3 Å². The van der Waals surface area contributed by atoms with Crippen molar-refractivity contribution in [2.45, 2.75) is 25.4 Å². The van der Waals surface area contributed by atoms with Gasteiger partial charge in [0.1, 0.15) is 16.7 Å². The van der Waals surface area contributed by atoms with Crippen molar-refractivity contribution in [3.63, 3.8) is 0 Å². The summed E-state index contributed by atoms with van der Waals surface area (Å²) in [5.41, 5.74) is 1.36. The Morgan fingerprint density at radius 2 is 2.11 bits per heavy atom. The Morgan fingerprint density at radius 3 is 2.82 bits per heavy atom. The Balaban J connectivity index is 1.45. The Kier molecular flexibility index (Phi) is 8.00. The van der Waals surface area contributed by atoms with Crippen molar-refractivity contribution in [2.75, 3.05) is 33.4 Å². The largest absolute Gasteiger partial charge is 0.492 e. The number of hydrogen-bond donors (Lipinski definition) is 1. The van der Waals surface area contributed by atoms with Crippen LogP contribution in [0.5, 0.6) is 5.75 Å². The molecule has 1 aliphatic rings. The van der Waals surface area contributed by atoms with E-state index in [1.54, 1.807) is 6.07 Å². The van der Waals surface area contributed by atoms with Crippen LogP contribution >= 0.6 is 34.5 Å². The van der Waals surface area contributed by atoms with Gasteiger partial charge in [-0.15, -0.1) is 11.3 Å². The zero-order chi connectivity index (χ0) is 19.9. The number of halogens is 2. The second-order valence-corrected chi connectivity index (χ2v) is 9.03. The highest BCUT2D eigenvalue weighted by molar-refractivity contribution is 7.20. The summed E-state index contributed by atoms with van der Waals surface area (Å²) in [6.45, 7) is 3.55. The van der Waals surface area contributed by atoms with Gasteiger partial charge >= 0.3 is 0 Å². The van der Waals surface area contributed by atoms with Crippen LogP contribution in [0.1, 0.15) is 28.8 Å². The van der Waals surface area contributed by atoms with Gasteiger partial charge in [-0.2, -0.15) is 0 Å². The molecule has 8 heteroatoms. The molecule has 1 aromatic heterocycles. The smallest absolute Gasteiger partial charge is 0.253 e. The monoisotopic (exact) mass is 442 g/mol. The van der Waals surface area contributed by atoms with E-state index in [1.165, 1.54) is 11.3 Å². The van der Waals surface area contributed by atoms with Crippen LogP contribution < -0.4 is 10.1 Å². The van der Waals surface area contributed by atoms with E-state index in [-0.39, 0.29) is 5.91 Å². The number of nitrogens with one attached hydrogen (secondary N) is 1. The number of rotatable bonds is 8. The first-order chi connectivity index (χ1) is 13.5. The minimum Gasteiger partial charge on any atom is -0.492 e. The minimum absolute atomic E-state index is 0.238. The highest BCUT2D eigenvalue weighted by atomic mass is 35.5. The maximum Gasteiger partial charge on any atom is 0.253 e. The molecule has 0 aliphatic carbocycles. The fourth-order valence-electron chi connectivity index (χ4n) is 3.13. The zero-order valence-corrected chi connectivity index (χ0v) is 18.1. The van der Waals surface area contributed by atoms with Crippen molar-refractivity contribution in [1.82, 2.24) is 10.2 Å². The number of hydrogen-bond acceptors (Lipinski definition) is 5. The average Bonchev–Trinajstić information content (AvgIpc) is 3.05. The molecular formula is C20H24Cl2N2O3S. The van der Waals surface area contributed by atoms with Crippen LogP contribution in [0.3, 0.4) is 0 Å². The molecule has 3 rings (SSSR count). The Bertz CT molecular complexity index is 794. The maximum absolute atomic E-state index is 12.2. The molecule has 0 radical (unpaired) electrons. The van der Waals surface area contributed by atoms with Gasteiger partial charge in [-0.05, 0) is 43.7 Å². The highest BCUT2D eigenvalue weighted by Crippen LogP contribution is 2.31. The Morgan fingerprint density at radius 1 is 1.32 bits per heavy atom. The summed E-state index contributed by atoms with van der Waals surface area (Å²) >= 11 is 13.1. The Hall–Kier alpha value is -1.31. The molecule has 1 aliphatic heterocycles. The topological polar surface area (TPSA) is 50.8 Å². The number of amides is 1. The summed E-state index contributed by atoms with van der Waals surface area (Å²) < 4.78 is 12.2. The van der Waals surface area contributed by atoms with E-state index in [9.17, 15) is 4.79 Å². The second kappa shape index (κ2) is 10.5. The van der Waals surface area contributed by atoms with Crippen LogP contribution in [0.4, 0.5) is 0 Å². The molecule has 28 heavy (non-hydrogen) atoms. The number of carbonyl (C=O) groups excluding carboxylic acids is 1. The van der Waals surface area contributed by atoms with Crippen LogP contribution in [0.15, 0.2) is 30.3 Å². The standard InChI is InChI=1S/C20H24Cl2N2O3S/c1-24(15-5-8-26-9-6-15)7-10-27-16-4-2-3-14(11-16)13-23-20(25)17-12-18(21)28-19(17)22/h2-4,11-12,15H,5-10,13H2,1H3,(H,23,25). The van der Waals surface area contributed by atoms with Crippen LogP contribution in [0, 0.1) is 0 Å². The van der Waals surface area contributed by atoms with Crippen LogP contribution in [0.25, 0.3) is 0 Å². The van der Waals surface area contributed by atoms with E-state index >= 15 is 0 Å². The van der Waals surface area contributed by atoms with Gasteiger partial charge in [0.25, 0.3) is 5.91 Å². The summed E-state index contributed by atoms with van der Waals surface area (Å²) in [4.78, 5) is 14.6. The summed E-state index contributed by atoms with van der Waals surface area (Å²) in [5, 5.41) is 2.86. The molecule has 1 N–H and O–H groups in total. The summed E-state index contributed by atoms with van der Waals surface area (Å²) in [7, 11) is 2.13. The fourth-order valence-corrected chi connectivity index (χ4v) is 4.59. The molecule has 0 bridgehead atoms. The quantitative estimate of drug-likeness (QED) is 0.654. The fraction of sp³-hybridized carbons (Fsp3) is 0.450. The predicted octanol–water partition coefficient (Wildman–Crippen LogP) is 4.47. The zero-order valence-electron chi connectivity index (χ0n) is 15.7. The third-order valence-electron chi connectivity index (χ3n) is 4.78. The van der Waals surface area contributed by atoms with E-state index in [0.717, 1.165) is 43.9 Å². The van der Waals surface area contributed by atoms with Gasteiger partial charge < -0.3 is 14.8 Å². The first kappa shape index (κ1) is 21.4. The van der Waals surface area contributed by atoms with Crippen LogP contribution in [-0.4, -0.2) is 50.3 Å². The summed E-state index contributed by atoms with van der Waals surface area (Å²) in [5.74, 6) is 0.557. The molecule has 1 saturated heterocycles. The molecule has 0 saturated carbocycles. The molecule has 2 aromatic rings. The maximum atomic E-state index is 12.2. The number of likely N-dealkylation sites (N-methyl/N-ethyl adjacent to an activating group) is 1. The average molecular weight is 443 g/mol. The molecular weight excluding hydrogens is 419 g/mol. The van der Waals surface area contributed by atoms with E-state index in [1.807, 2.05) is 24.3 Å². The lowest BCUT2D eigenvalue weighted by atomic mass is 10.1. The van der Waals surface area contributed by atoms with Gasteiger partial charge in [-0.1, -0.05) is 35.3 Å². The van der Waals surface area contributed by atoms with Gasteiger partial charge in [0.15, 0.2) is 0 Å². The third kappa shape index (κ3) is 6.09. The molecule has 5 nitrogen and oxygen atoms in total. The normalized spacial score (nSPS) is 15.0. The molecule has 1 fully saturated rings. The summed E-state index contributed by atoms with van der Waals surface area (Å²) in [6.07, 6.45) is 2.15. The number of thiophene rings is 1. The number of ether oxygens (including phenoxy) is 2. The molecule has 2 heterocycles. The number of carbonyl (C=O) groups is 1. The lowest BCUT2D eigenvalue weighted by Gasteiger charge is -2.31. The van der Waals surface area contributed by atoms with Crippen molar-refractivity contribution in [3.05, 3.63) is 50.1 Å². The van der Waals surface area contributed by atoms with Gasteiger partial charge in [-0.3, -0.25) is 9.69 Å². The van der Waals surface area contributed by atoms with E-state index in [0.29, 0.717) is 33.4 Å². The van der Waals surface area contributed by atoms with Crippen molar-refractivity contribution in [1.29, 1.82) is 0 Å². The Labute approximate surface area is 179 Å². The minimum atomic E-state index is -0.238. The predicted molar refractivity (Wildman–Crippen MR) is 114 cm³/mol. The van der Waals surface area contributed by atoms with Crippen molar-refractivity contribution in [2.24, 2.45) is 0 Å². The van der Waals surface area contributed by atoms with Crippen molar-refractivity contribution < 1.29 is 14.3 Å². The third-order valence-corrected chi connectivity index (χ3v) is 6.27. The SMILES string of the molecule is CN(CCOc1cccc(CNC(=O)c2cc(Cl)sc2Cl)c1)C1CCOCC1. The first-order valence-electron chi connectivity index (χ1n) is 9.25. The molecule has 152 valence electrons. The van der Waals surface area contributed by atoms with Gasteiger partial charge in [0.2, 0.25) is 0 Å². The van der Waals surface area contributed by atoms with E-state index in [4.69, 9.17) is 32.7 Å². The van der Waals surface area contributed by atoms with Gasteiger partial charge in [0.05, 0.1) is 9.90 Å². The second-order valence-electron chi connectivity index (χ2n) is 6.74. The van der Waals surface area contributed by atoms with Gasteiger partial charge in [-0.25, -0.2) is 0 Å². The lowest BCUT2D eigenvalue weighted by Crippen LogP contribution is -2.38. The highest BCUT2D eigenvalue weighted by Gasteiger charge is 2.18. The molecule has 1 aromatic carbocycles. The number of benzene rings is 1. The molecule has 0 unspecified atom stereocenters. The first-order valence-corrected chi connectivity index (χ1v) is 10.8. The molecule has 1 amide bonds. The van der Waals surface area contributed by atoms with Crippen LogP contribution in [0.2, 0.25) is 8.67 Å². The van der Waals surface area contributed by atoms with Crippen molar-refractivity contribution in [3.8, 4) is 5.75 Å². The number of nitrogens with zero attached hydrogens (tertiary/aromatic N) is 1. The van der Waals surface area contributed by atoms with Crippen molar-refractivity contribution >= 4 is 40.4 Å². The van der Waals surface area contributed by atoms with Gasteiger partial charge in [0, 0.05) is 32.3 Å². The lowest BCUT2D eigenvalue weighted by molar-refractivity contribution is 0.0392. The van der Waals surface area contributed by atoms with E-state index < -0.39 is 0 Å². The molecule has 0 atom stereocenters. The molecule has 0 spiro atoms. The summed E-state index contributed by atoms with van der Waals surface area (Å²) in [6, 6.07) is 9.89.